The average Bonchev–Trinajstić information content (AvgIpc) is 3.00. The van der Waals surface area contributed by atoms with E-state index in [1.807, 2.05) is 31.2 Å². The molecule has 122 valence electrons. The van der Waals surface area contributed by atoms with Gasteiger partial charge in [0.15, 0.2) is 5.82 Å². The summed E-state index contributed by atoms with van der Waals surface area (Å²) in [4.78, 5) is 3.64. The molecular formula is C17H23N5O. The van der Waals surface area contributed by atoms with Gasteiger partial charge in [0.2, 0.25) is 5.69 Å². The van der Waals surface area contributed by atoms with Crippen LogP contribution in [-0.4, -0.2) is 34.7 Å². The first-order chi connectivity index (χ1) is 11.2. The number of benzene rings is 1. The van der Waals surface area contributed by atoms with E-state index in [9.17, 15) is 5.26 Å². The highest BCUT2D eigenvalue weighted by Gasteiger charge is 2.17. The van der Waals surface area contributed by atoms with Crippen LogP contribution in [0, 0.1) is 11.3 Å². The van der Waals surface area contributed by atoms with E-state index in [2.05, 4.69) is 35.0 Å². The molecular weight excluding hydrogens is 290 g/mol. The van der Waals surface area contributed by atoms with Crippen molar-refractivity contribution < 1.29 is 4.74 Å². The van der Waals surface area contributed by atoms with Crippen LogP contribution in [0.1, 0.15) is 39.3 Å². The average molecular weight is 313 g/mol. The number of aromatic nitrogens is 3. The van der Waals surface area contributed by atoms with E-state index in [1.54, 1.807) is 0 Å². The van der Waals surface area contributed by atoms with Gasteiger partial charge in [-0.25, -0.2) is 0 Å². The summed E-state index contributed by atoms with van der Waals surface area (Å²) in [5, 5.41) is 18.2. The van der Waals surface area contributed by atoms with E-state index in [0.717, 1.165) is 37.4 Å². The lowest BCUT2D eigenvalue weighted by Crippen LogP contribution is -2.26. The molecule has 1 heterocycles. The molecule has 6 nitrogen and oxygen atoms in total. The fourth-order valence-electron chi connectivity index (χ4n) is 2.41. The fourth-order valence-corrected chi connectivity index (χ4v) is 2.41. The van der Waals surface area contributed by atoms with E-state index in [0.29, 0.717) is 18.1 Å². The van der Waals surface area contributed by atoms with Crippen LogP contribution in [0.5, 0.6) is 5.75 Å². The lowest BCUT2D eigenvalue weighted by molar-refractivity contribution is 0.340. The van der Waals surface area contributed by atoms with Crippen molar-refractivity contribution in [1.82, 2.24) is 15.0 Å². The summed E-state index contributed by atoms with van der Waals surface area (Å²) in [6, 6.07) is 9.69. The van der Waals surface area contributed by atoms with Gasteiger partial charge >= 0.3 is 0 Å². The van der Waals surface area contributed by atoms with Crippen molar-refractivity contribution in [3.8, 4) is 17.5 Å². The molecule has 2 aromatic rings. The molecule has 0 amide bonds. The van der Waals surface area contributed by atoms with Crippen LogP contribution in [0.25, 0.3) is 5.69 Å². The Hall–Kier alpha value is -2.55. The second-order valence-corrected chi connectivity index (χ2v) is 5.19. The maximum atomic E-state index is 9.37. The van der Waals surface area contributed by atoms with Gasteiger partial charge in [0.05, 0.1) is 12.3 Å². The zero-order valence-corrected chi connectivity index (χ0v) is 14.0. The highest BCUT2D eigenvalue weighted by molar-refractivity contribution is 5.50. The van der Waals surface area contributed by atoms with Gasteiger partial charge in [-0.3, -0.25) is 0 Å². The Kier molecular flexibility index (Phi) is 5.98. The van der Waals surface area contributed by atoms with Crippen molar-refractivity contribution >= 4 is 5.82 Å². The smallest absolute Gasteiger partial charge is 0.207 e. The molecule has 0 bridgehead atoms. The third kappa shape index (κ3) is 4.01. The van der Waals surface area contributed by atoms with Gasteiger partial charge in [-0.15, -0.1) is 15.0 Å². The topological polar surface area (TPSA) is 67.0 Å². The Labute approximate surface area is 137 Å². The number of nitriles is 1. The van der Waals surface area contributed by atoms with Gasteiger partial charge in [0.1, 0.15) is 11.8 Å². The normalized spacial score (nSPS) is 10.3. The maximum Gasteiger partial charge on any atom is 0.207 e. The molecule has 0 fully saturated rings. The Morgan fingerprint density at radius 1 is 1.09 bits per heavy atom. The third-order valence-electron chi connectivity index (χ3n) is 3.37. The summed E-state index contributed by atoms with van der Waals surface area (Å²) in [5.74, 6) is 1.47. The van der Waals surface area contributed by atoms with Gasteiger partial charge in [0.25, 0.3) is 0 Å². The molecule has 0 radical (unpaired) electrons. The third-order valence-corrected chi connectivity index (χ3v) is 3.37. The SMILES string of the molecule is CCCN(CCC)c1nn(-c2ccc(OCC)cc2)nc1C#N. The van der Waals surface area contributed by atoms with E-state index in [4.69, 9.17) is 4.74 Å². The molecule has 0 aliphatic heterocycles. The van der Waals surface area contributed by atoms with Crippen LogP contribution < -0.4 is 9.64 Å². The van der Waals surface area contributed by atoms with Crippen molar-refractivity contribution in [2.24, 2.45) is 0 Å². The molecule has 2 rings (SSSR count). The molecule has 0 N–H and O–H groups in total. The second-order valence-electron chi connectivity index (χ2n) is 5.19. The molecule has 6 heteroatoms. The van der Waals surface area contributed by atoms with Gasteiger partial charge in [-0.05, 0) is 44.0 Å². The molecule has 0 saturated carbocycles. The molecule has 1 aromatic heterocycles. The largest absolute Gasteiger partial charge is 0.494 e. The number of nitrogens with zero attached hydrogens (tertiary/aromatic N) is 5. The lowest BCUT2D eigenvalue weighted by Gasteiger charge is -2.20. The predicted octanol–water partition coefficient (Wildman–Crippen LogP) is 3.16. The van der Waals surface area contributed by atoms with Gasteiger partial charge in [0, 0.05) is 13.1 Å². The van der Waals surface area contributed by atoms with Crippen LogP contribution in [0.2, 0.25) is 0 Å². The maximum absolute atomic E-state index is 9.37. The van der Waals surface area contributed by atoms with E-state index >= 15 is 0 Å². The summed E-state index contributed by atoms with van der Waals surface area (Å²) in [6.45, 7) is 8.54. The van der Waals surface area contributed by atoms with Crippen LogP contribution in [-0.2, 0) is 0 Å². The minimum Gasteiger partial charge on any atom is -0.494 e. The Morgan fingerprint density at radius 2 is 1.74 bits per heavy atom. The van der Waals surface area contributed by atoms with Crippen LogP contribution in [0.15, 0.2) is 24.3 Å². The summed E-state index contributed by atoms with van der Waals surface area (Å²) in [5.41, 5.74) is 1.17. The van der Waals surface area contributed by atoms with Crippen LogP contribution in [0.4, 0.5) is 5.82 Å². The highest BCUT2D eigenvalue weighted by atomic mass is 16.5. The number of anilines is 1. The molecule has 0 spiro atoms. The molecule has 1 aromatic carbocycles. The summed E-state index contributed by atoms with van der Waals surface area (Å²) in [7, 11) is 0. The number of rotatable bonds is 8. The predicted molar refractivity (Wildman–Crippen MR) is 90.0 cm³/mol. The zero-order valence-electron chi connectivity index (χ0n) is 14.0. The standard InChI is InChI=1S/C17H23N5O/c1-4-11-21(12-5-2)17-16(13-18)19-22(20-17)14-7-9-15(10-8-14)23-6-3/h7-10H,4-6,11-12H2,1-3H3. The van der Waals surface area contributed by atoms with Crippen molar-refractivity contribution in [1.29, 1.82) is 5.26 Å². The summed E-state index contributed by atoms with van der Waals surface area (Å²) in [6.07, 6.45) is 2.00. The van der Waals surface area contributed by atoms with Gasteiger partial charge in [-0.1, -0.05) is 13.8 Å². The van der Waals surface area contributed by atoms with Crippen molar-refractivity contribution in [3.05, 3.63) is 30.0 Å². The number of hydrogen-bond donors (Lipinski definition) is 0. The van der Waals surface area contributed by atoms with Crippen LogP contribution >= 0.6 is 0 Å². The highest BCUT2D eigenvalue weighted by Crippen LogP contribution is 2.20. The fraction of sp³-hybridized carbons (Fsp3) is 0.471. The number of hydrogen-bond acceptors (Lipinski definition) is 5. The lowest BCUT2D eigenvalue weighted by atomic mass is 10.3. The van der Waals surface area contributed by atoms with E-state index < -0.39 is 0 Å². The quantitative estimate of drug-likeness (QED) is 0.749. The first-order valence-corrected chi connectivity index (χ1v) is 8.09. The summed E-state index contributed by atoms with van der Waals surface area (Å²) >= 11 is 0. The van der Waals surface area contributed by atoms with Crippen LogP contribution in [0.3, 0.4) is 0 Å². The van der Waals surface area contributed by atoms with Gasteiger partial charge < -0.3 is 9.64 Å². The van der Waals surface area contributed by atoms with Crippen molar-refractivity contribution in [2.45, 2.75) is 33.6 Å². The van der Waals surface area contributed by atoms with Crippen molar-refractivity contribution in [2.75, 3.05) is 24.6 Å². The first kappa shape index (κ1) is 16.8. The summed E-state index contributed by atoms with van der Waals surface area (Å²) < 4.78 is 5.44. The zero-order chi connectivity index (χ0) is 16.7. The van der Waals surface area contributed by atoms with Crippen molar-refractivity contribution in [3.63, 3.8) is 0 Å². The van der Waals surface area contributed by atoms with E-state index in [-0.39, 0.29) is 0 Å². The number of ether oxygens (including phenoxy) is 1. The molecule has 0 atom stereocenters. The molecule has 0 unspecified atom stereocenters. The minimum atomic E-state index is 0.362. The first-order valence-electron chi connectivity index (χ1n) is 8.09. The van der Waals surface area contributed by atoms with Gasteiger partial charge in [-0.2, -0.15) is 5.26 Å². The Morgan fingerprint density at radius 3 is 2.26 bits per heavy atom. The molecule has 0 saturated heterocycles. The molecule has 0 aliphatic rings. The Balaban J connectivity index is 2.32. The molecule has 23 heavy (non-hydrogen) atoms. The monoisotopic (exact) mass is 313 g/mol. The second kappa shape index (κ2) is 8.18. The Bertz CT molecular complexity index is 651. The minimum absolute atomic E-state index is 0.362. The van der Waals surface area contributed by atoms with E-state index in [1.165, 1.54) is 4.80 Å². The molecule has 0 aliphatic carbocycles.